The van der Waals surface area contributed by atoms with Gasteiger partial charge in [-0.3, -0.25) is 0 Å². The number of benzene rings is 4. The second-order valence-corrected chi connectivity index (χ2v) is 22.8. The number of aliphatic hydroxyl groups excluding tert-OH is 1. The third-order valence-electron chi connectivity index (χ3n) is 9.45. The van der Waals surface area contributed by atoms with Crippen molar-refractivity contribution in [3.63, 3.8) is 0 Å². The van der Waals surface area contributed by atoms with E-state index in [0.717, 1.165) is 5.57 Å². The van der Waals surface area contributed by atoms with Crippen LogP contribution in [0.5, 0.6) is 0 Å². The zero-order valence-electron chi connectivity index (χ0n) is 27.2. The summed E-state index contributed by atoms with van der Waals surface area (Å²) in [7, 11) is -5.64. The highest BCUT2D eigenvalue weighted by Gasteiger charge is 2.55. The maximum Gasteiger partial charge on any atom is 0.261 e. The summed E-state index contributed by atoms with van der Waals surface area (Å²) >= 11 is 0. The number of hydrogen-bond donors (Lipinski definition) is 1. The molecule has 0 amide bonds. The van der Waals surface area contributed by atoms with Crippen LogP contribution in [0.25, 0.3) is 0 Å². The molecule has 0 aliphatic heterocycles. The van der Waals surface area contributed by atoms with Crippen molar-refractivity contribution in [2.75, 3.05) is 6.61 Å². The van der Waals surface area contributed by atoms with Crippen molar-refractivity contribution >= 4 is 37.4 Å². The van der Waals surface area contributed by atoms with Crippen molar-refractivity contribution in [2.24, 2.45) is 5.92 Å². The second-order valence-electron chi connectivity index (χ2n) is 14.2. The largest absolute Gasteiger partial charge is 0.407 e. The second kappa shape index (κ2) is 12.7. The monoisotopic (exact) mass is 620 g/mol. The Morgan fingerprint density at radius 3 is 1.30 bits per heavy atom. The smallest absolute Gasteiger partial charge is 0.261 e. The molecule has 1 aliphatic rings. The van der Waals surface area contributed by atoms with Crippen LogP contribution in [-0.4, -0.2) is 40.6 Å². The predicted molar refractivity (Wildman–Crippen MR) is 189 cm³/mol. The van der Waals surface area contributed by atoms with E-state index in [4.69, 9.17) is 8.85 Å². The molecule has 4 aromatic carbocycles. The van der Waals surface area contributed by atoms with Crippen molar-refractivity contribution in [2.45, 2.75) is 70.2 Å². The molecule has 1 fully saturated rings. The van der Waals surface area contributed by atoms with Gasteiger partial charge in [0.05, 0.1) is 12.2 Å². The lowest BCUT2D eigenvalue weighted by Crippen LogP contribution is -2.68. The Bertz CT molecular complexity index is 1430. The Morgan fingerprint density at radius 2 is 0.955 bits per heavy atom. The zero-order chi connectivity index (χ0) is 31.6. The molecule has 4 aromatic rings. The molecule has 1 saturated carbocycles. The molecule has 0 aromatic heterocycles. The molecule has 1 N–H and O–H groups in total. The molecule has 3 atom stereocenters. The van der Waals surface area contributed by atoms with Crippen LogP contribution < -0.4 is 20.7 Å². The third-order valence-corrected chi connectivity index (χ3v) is 19.5. The Hall–Kier alpha value is -3.07. The normalized spacial score (nSPS) is 19.7. The van der Waals surface area contributed by atoms with E-state index in [9.17, 15) is 5.11 Å². The van der Waals surface area contributed by atoms with Gasteiger partial charge in [-0.15, -0.1) is 0 Å². The Balaban J connectivity index is 1.59. The molecule has 0 saturated heterocycles. The van der Waals surface area contributed by atoms with Crippen molar-refractivity contribution in [1.29, 1.82) is 0 Å². The molecule has 0 radical (unpaired) electrons. The highest BCUT2D eigenvalue weighted by Crippen LogP contribution is 2.44. The van der Waals surface area contributed by atoms with Gasteiger partial charge in [0, 0.05) is 18.9 Å². The Labute approximate surface area is 266 Å². The lowest BCUT2D eigenvalue weighted by atomic mass is 10.0. The fourth-order valence-electron chi connectivity index (χ4n) is 7.26. The van der Waals surface area contributed by atoms with Gasteiger partial charge in [0.25, 0.3) is 16.6 Å². The summed E-state index contributed by atoms with van der Waals surface area (Å²) < 4.78 is 15.0. The molecule has 3 nitrogen and oxygen atoms in total. The Morgan fingerprint density at radius 1 is 0.614 bits per heavy atom. The van der Waals surface area contributed by atoms with E-state index < -0.39 is 22.7 Å². The van der Waals surface area contributed by atoms with Crippen molar-refractivity contribution in [1.82, 2.24) is 0 Å². The summed E-state index contributed by atoms with van der Waals surface area (Å²) in [6.45, 7) is 18.7. The molecule has 0 unspecified atom stereocenters. The van der Waals surface area contributed by atoms with E-state index in [-0.39, 0.29) is 22.1 Å². The minimum atomic E-state index is -2.85. The Kier molecular flexibility index (Phi) is 9.36. The molecule has 44 heavy (non-hydrogen) atoms. The van der Waals surface area contributed by atoms with Crippen LogP contribution in [0.2, 0.25) is 10.1 Å². The van der Waals surface area contributed by atoms with E-state index in [1.807, 2.05) is 0 Å². The number of aliphatic hydroxyl groups is 1. The van der Waals surface area contributed by atoms with Crippen LogP contribution in [0.3, 0.4) is 0 Å². The molecule has 0 heterocycles. The lowest BCUT2D eigenvalue weighted by molar-refractivity contribution is 0.108. The van der Waals surface area contributed by atoms with Crippen LogP contribution in [0.1, 0.15) is 48.0 Å². The average Bonchev–Trinajstić information content (AvgIpc) is 3.28. The fourth-order valence-corrected chi connectivity index (χ4v) is 16.6. The standard InChI is InChI=1S/C39H48O3Si2/c1-30-35(29-41-43(38(2,3)4,31-20-12-8-13-21-31)32-22-14-9-15-23-32)37(28-36(30)40)42-44(39(5,6)7,33-24-16-10-17-25-33)34-26-18-11-19-27-34/h8-27,35-37,40H,1,28-29H2,2-7H3/t35-,36+,37-/m0/s1. The van der Waals surface area contributed by atoms with Crippen molar-refractivity contribution in [3.05, 3.63) is 133 Å². The van der Waals surface area contributed by atoms with E-state index in [2.05, 4.69) is 169 Å². The van der Waals surface area contributed by atoms with E-state index in [0.29, 0.717) is 13.0 Å². The van der Waals surface area contributed by atoms with E-state index in [1.54, 1.807) is 0 Å². The van der Waals surface area contributed by atoms with Crippen LogP contribution in [0.15, 0.2) is 133 Å². The zero-order valence-corrected chi connectivity index (χ0v) is 29.2. The summed E-state index contributed by atoms with van der Waals surface area (Å²) in [4.78, 5) is 0. The molecule has 5 heteroatoms. The first kappa shape index (κ1) is 32.3. The minimum absolute atomic E-state index is 0.145. The van der Waals surface area contributed by atoms with Gasteiger partial charge < -0.3 is 14.0 Å². The van der Waals surface area contributed by atoms with Gasteiger partial charge in [-0.1, -0.05) is 169 Å². The van der Waals surface area contributed by atoms with Crippen LogP contribution in [0, 0.1) is 5.92 Å². The summed E-state index contributed by atoms with van der Waals surface area (Å²) in [6.07, 6.45) is -0.356. The van der Waals surface area contributed by atoms with Gasteiger partial charge in [0.1, 0.15) is 0 Å². The first-order valence-electron chi connectivity index (χ1n) is 15.8. The summed E-state index contributed by atoms with van der Waals surface area (Å²) in [5.74, 6) is -0.145. The summed E-state index contributed by atoms with van der Waals surface area (Å²) in [6, 6.07) is 42.9. The number of rotatable bonds is 9. The molecular weight excluding hydrogens is 573 g/mol. The molecule has 0 spiro atoms. The average molecular weight is 621 g/mol. The van der Waals surface area contributed by atoms with Crippen LogP contribution in [-0.2, 0) is 8.85 Å². The SMILES string of the molecule is C=C1[C@H](O)C[C@H](O[Si](c2ccccc2)(c2ccccc2)C(C)(C)C)[C@H]1CO[Si](c1ccccc1)(c1ccccc1)C(C)(C)C. The molecule has 1 aliphatic carbocycles. The van der Waals surface area contributed by atoms with Gasteiger partial charge in [-0.2, -0.15) is 0 Å². The van der Waals surface area contributed by atoms with Crippen LogP contribution >= 0.6 is 0 Å². The maximum atomic E-state index is 11.3. The predicted octanol–water partition coefficient (Wildman–Crippen LogP) is 6.45. The molecule has 230 valence electrons. The summed E-state index contributed by atoms with van der Waals surface area (Å²) in [5.41, 5.74) is 0.811. The molecule has 5 rings (SSSR count). The molecular formula is C39H48O3Si2. The molecule has 0 bridgehead atoms. The van der Waals surface area contributed by atoms with Crippen molar-refractivity contribution < 1.29 is 14.0 Å². The highest BCUT2D eigenvalue weighted by atomic mass is 28.4. The van der Waals surface area contributed by atoms with Gasteiger partial charge in [-0.05, 0) is 36.4 Å². The van der Waals surface area contributed by atoms with Crippen LogP contribution in [0.4, 0.5) is 0 Å². The third kappa shape index (κ3) is 5.84. The summed E-state index contributed by atoms with van der Waals surface area (Å²) in [5, 5.41) is 15.9. The minimum Gasteiger partial charge on any atom is -0.407 e. The fraction of sp³-hybridized carbons (Fsp3) is 0.333. The highest BCUT2D eigenvalue weighted by molar-refractivity contribution is 7.00. The lowest BCUT2D eigenvalue weighted by Gasteiger charge is -2.46. The van der Waals surface area contributed by atoms with Gasteiger partial charge >= 0.3 is 0 Å². The number of hydrogen-bond acceptors (Lipinski definition) is 3. The first-order valence-corrected chi connectivity index (χ1v) is 19.6. The van der Waals surface area contributed by atoms with Gasteiger partial charge in [-0.25, -0.2) is 0 Å². The maximum absolute atomic E-state index is 11.3. The topological polar surface area (TPSA) is 38.7 Å². The first-order chi connectivity index (χ1) is 20.9. The van der Waals surface area contributed by atoms with Gasteiger partial charge in [0.2, 0.25) is 0 Å². The van der Waals surface area contributed by atoms with E-state index in [1.165, 1.54) is 20.7 Å². The quantitative estimate of drug-likeness (QED) is 0.173. The van der Waals surface area contributed by atoms with Gasteiger partial charge in [0.15, 0.2) is 0 Å². The van der Waals surface area contributed by atoms with Crippen molar-refractivity contribution in [3.8, 4) is 0 Å². The van der Waals surface area contributed by atoms with E-state index >= 15 is 0 Å².